The Kier molecular flexibility index (Phi) is 7.47. The molecule has 4 rings (SSSR count). The molecule has 8 nitrogen and oxygen atoms in total. The predicted octanol–water partition coefficient (Wildman–Crippen LogP) is 3.30. The highest BCUT2D eigenvalue weighted by molar-refractivity contribution is 5.79. The molecule has 3 atom stereocenters. The molecule has 180 valence electrons. The van der Waals surface area contributed by atoms with Crippen molar-refractivity contribution in [3.8, 4) is 11.1 Å². The molecule has 0 spiro atoms. The van der Waals surface area contributed by atoms with Crippen molar-refractivity contribution < 1.29 is 29.0 Å². The van der Waals surface area contributed by atoms with Gasteiger partial charge in [-0.2, -0.15) is 0 Å². The molecule has 2 aliphatic carbocycles. The van der Waals surface area contributed by atoms with Crippen LogP contribution in [-0.4, -0.2) is 55.5 Å². The van der Waals surface area contributed by atoms with Crippen LogP contribution < -0.4 is 10.6 Å². The number of carbonyl (C=O) groups excluding carboxylic acids is 2. The Balaban J connectivity index is 1.23. The van der Waals surface area contributed by atoms with E-state index in [4.69, 9.17) is 14.6 Å². The summed E-state index contributed by atoms with van der Waals surface area (Å²) in [6.07, 6.45) is 1.06. The molecule has 2 aliphatic rings. The molecule has 1 fully saturated rings. The molecule has 0 radical (unpaired) electrons. The number of methoxy groups -OCH3 is 1. The fourth-order valence-corrected chi connectivity index (χ4v) is 5.01. The lowest BCUT2D eigenvalue weighted by Crippen LogP contribution is -2.38. The van der Waals surface area contributed by atoms with E-state index in [0.717, 1.165) is 12.8 Å². The van der Waals surface area contributed by atoms with Gasteiger partial charge in [0.2, 0.25) is 5.91 Å². The maximum absolute atomic E-state index is 12.5. The molecular formula is C26H30N2O6. The minimum atomic E-state index is -1.11. The minimum Gasteiger partial charge on any atom is -0.479 e. The van der Waals surface area contributed by atoms with Crippen LogP contribution in [0.1, 0.15) is 42.7 Å². The second-order valence-corrected chi connectivity index (χ2v) is 8.92. The van der Waals surface area contributed by atoms with Gasteiger partial charge in [0.1, 0.15) is 6.61 Å². The fraction of sp³-hybridized carbons (Fsp3) is 0.423. The number of aliphatic carboxylic acids is 1. The van der Waals surface area contributed by atoms with Gasteiger partial charge in [-0.25, -0.2) is 9.59 Å². The van der Waals surface area contributed by atoms with E-state index < -0.39 is 18.2 Å². The van der Waals surface area contributed by atoms with E-state index in [-0.39, 0.29) is 36.9 Å². The number of ether oxygens (including phenoxy) is 2. The van der Waals surface area contributed by atoms with E-state index in [1.807, 2.05) is 24.3 Å². The van der Waals surface area contributed by atoms with Gasteiger partial charge in [0.15, 0.2) is 6.10 Å². The summed E-state index contributed by atoms with van der Waals surface area (Å²) in [7, 11) is 1.29. The molecule has 34 heavy (non-hydrogen) atoms. The number of amides is 2. The average Bonchev–Trinajstić information content (AvgIpc) is 3.39. The van der Waals surface area contributed by atoms with Crippen LogP contribution >= 0.6 is 0 Å². The van der Waals surface area contributed by atoms with E-state index in [0.29, 0.717) is 12.8 Å². The van der Waals surface area contributed by atoms with Gasteiger partial charge in [-0.3, -0.25) is 4.79 Å². The maximum Gasteiger partial charge on any atom is 0.407 e. The van der Waals surface area contributed by atoms with E-state index >= 15 is 0 Å². The summed E-state index contributed by atoms with van der Waals surface area (Å²) in [6, 6.07) is 16.4. The topological polar surface area (TPSA) is 114 Å². The van der Waals surface area contributed by atoms with Crippen LogP contribution in [0, 0.1) is 5.92 Å². The molecule has 2 aromatic carbocycles. The van der Waals surface area contributed by atoms with E-state index in [9.17, 15) is 14.4 Å². The first-order valence-corrected chi connectivity index (χ1v) is 11.6. The molecule has 0 aliphatic heterocycles. The van der Waals surface area contributed by atoms with Crippen LogP contribution in [0.5, 0.6) is 0 Å². The van der Waals surface area contributed by atoms with Gasteiger partial charge in [0, 0.05) is 25.5 Å². The standard InChI is InChI=1S/C26H30N2O6/c1-33-23(25(30)31)14-27-24(29)13-16-10-11-17(12-16)28-26(32)34-15-22-20-8-4-2-6-18(20)19-7-3-5-9-21(19)22/h2-9,16-17,22-23H,10-15H2,1H3,(H,27,29)(H,28,32)(H,30,31)/t16-,17+,23?/m1/s1. The Labute approximate surface area is 198 Å². The number of alkyl carbamates (subject to hydrolysis) is 1. The number of rotatable bonds is 9. The highest BCUT2D eigenvalue weighted by Crippen LogP contribution is 2.44. The number of hydrogen-bond donors (Lipinski definition) is 3. The minimum absolute atomic E-state index is 0.0138. The Morgan fingerprint density at radius 3 is 2.29 bits per heavy atom. The number of benzene rings is 2. The van der Waals surface area contributed by atoms with E-state index in [2.05, 4.69) is 34.9 Å². The highest BCUT2D eigenvalue weighted by atomic mass is 16.5. The smallest absolute Gasteiger partial charge is 0.407 e. The third-order valence-corrected chi connectivity index (χ3v) is 6.73. The molecule has 2 amide bonds. The number of hydrogen-bond acceptors (Lipinski definition) is 5. The zero-order chi connectivity index (χ0) is 24.1. The largest absolute Gasteiger partial charge is 0.479 e. The number of nitrogens with one attached hydrogen (secondary N) is 2. The summed E-state index contributed by atoms with van der Waals surface area (Å²) in [6.45, 7) is 0.196. The Bertz CT molecular complexity index is 1010. The lowest BCUT2D eigenvalue weighted by Gasteiger charge is -2.17. The van der Waals surface area contributed by atoms with Crippen LogP contribution in [0.15, 0.2) is 48.5 Å². The monoisotopic (exact) mass is 466 g/mol. The molecule has 0 heterocycles. The Morgan fingerprint density at radius 2 is 1.68 bits per heavy atom. The summed E-state index contributed by atoms with van der Waals surface area (Å²) in [4.78, 5) is 35.6. The maximum atomic E-state index is 12.5. The first kappa shape index (κ1) is 23.8. The van der Waals surface area contributed by atoms with Crippen molar-refractivity contribution in [1.29, 1.82) is 0 Å². The summed E-state index contributed by atoms with van der Waals surface area (Å²) in [5, 5.41) is 14.5. The Morgan fingerprint density at radius 1 is 1.03 bits per heavy atom. The van der Waals surface area contributed by atoms with Crippen molar-refractivity contribution in [2.45, 2.75) is 43.7 Å². The van der Waals surface area contributed by atoms with Crippen LogP contribution in [0.25, 0.3) is 11.1 Å². The summed E-state index contributed by atoms with van der Waals surface area (Å²) in [5.74, 6) is -1.18. The van der Waals surface area contributed by atoms with Crippen molar-refractivity contribution >= 4 is 18.0 Å². The number of fused-ring (bicyclic) bond motifs is 3. The molecule has 0 saturated heterocycles. The van der Waals surface area contributed by atoms with Gasteiger partial charge in [0.05, 0.1) is 6.54 Å². The molecule has 1 unspecified atom stereocenters. The highest BCUT2D eigenvalue weighted by Gasteiger charge is 2.31. The quantitative estimate of drug-likeness (QED) is 0.523. The predicted molar refractivity (Wildman–Crippen MR) is 125 cm³/mol. The molecule has 2 aromatic rings. The van der Waals surface area contributed by atoms with Gasteiger partial charge < -0.3 is 25.2 Å². The number of carbonyl (C=O) groups is 3. The van der Waals surface area contributed by atoms with Crippen molar-refractivity contribution in [3.63, 3.8) is 0 Å². The summed E-state index contributed by atoms with van der Waals surface area (Å²) < 4.78 is 10.4. The molecule has 1 saturated carbocycles. The average molecular weight is 467 g/mol. The summed E-state index contributed by atoms with van der Waals surface area (Å²) in [5.41, 5.74) is 4.71. The van der Waals surface area contributed by atoms with Crippen molar-refractivity contribution in [2.75, 3.05) is 20.3 Å². The van der Waals surface area contributed by atoms with Gasteiger partial charge in [-0.15, -0.1) is 0 Å². The van der Waals surface area contributed by atoms with Gasteiger partial charge in [-0.1, -0.05) is 48.5 Å². The third-order valence-electron chi connectivity index (χ3n) is 6.73. The van der Waals surface area contributed by atoms with Crippen molar-refractivity contribution in [3.05, 3.63) is 59.7 Å². The molecular weight excluding hydrogens is 436 g/mol. The fourth-order valence-electron chi connectivity index (χ4n) is 5.01. The normalized spacial score (nSPS) is 19.7. The van der Waals surface area contributed by atoms with Gasteiger partial charge in [0.25, 0.3) is 0 Å². The Hall–Kier alpha value is -3.39. The van der Waals surface area contributed by atoms with Gasteiger partial charge >= 0.3 is 12.1 Å². The zero-order valence-electron chi connectivity index (χ0n) is 19.2. The second kappa shape index (κ2) is 10.7. The third kappa shape index (κ3) is 5.39. The molecule has 8 heteroatoms. The lowest BCUT2D eigenvalue weighted by molar-refractivity contribution is -0.148. The number of carboxylic acid groups (broad SMARTS) is 1. The first-order chi connectivity index (χ1) is 16.5. The zero-order valence-corrected chi connectivity index (χ0v) is 19.2. The van der Waals surface area contributed by atoms with Crippen molar-refractivity contribution in [2.24, 2.45) is 5.92 Å². The van der Waals surface area contributed by atoms with Crippen LogP contribution in [0.4, 0.5) is 4.79 Å². The second-order valence-electron chi connectivity index (χ2n) is 8.92. The van der Waals surface area contributed by atoms with E-state index in [1.165, 1.54) is 29.4 Å². The first-order valence-electron chi connectivity index (χ1n) is 11.6. The van der Waals surface area contributed by atoms with Crippen LogP contribution in [0.2, 0.25) is 0 Å². The van der Waals surface area contributed by atoms with Crippen LogP contribution in [0.3, 0.4) is 0 Å². The van der Waals surface area contributed by atoms with Crippen LogP contribution in [-0.2, 0) is 19.1 Å². The number of carboxylic acids is 1. The molecule has 3 N–H and O–H groups in total. The van der Waals surface area contributed by atoms with E-state index in [1.54, 1.807) is 0 Å². The lowest BCUT2D eigenvalue weighted by atomic mass is 9.98. The SMILES string of the molecule is COC(CNC(=O)C[C@@H]1CC[C@H](NC(=O)OCC2c3ccccc3-c3ccccc32)C1)C(=O)O. The molecule has 0 aromatic heterocycles. The molecule has 0 bridgehead atoms. The van der Waals surface area contributed by atoms with Crippen molar-refractivity contribution in [1.82, 2.24) is 10.6 Å². The van der Waals surface area contributed by atoms with Gasteiger partial charge in [-0.05, 0) is 47.4 Å². The summed E-state index contributed by atoms with van der Waals surface area (Å²) >= 11 is 0.